The largest absolute Gasteiger partial charge is 0 e. The van der Waals surface area contributed by atoms with Crippen molar-refractivity contribution >= 4 is 20.8 Å². The number of rotatable bonds is 0. The monoisotopic (exact) mass is 361 g/mol. The van der Waals surface area contributed by atoms with Crippen LogP contribution in [0, 0.1) is 0 Å². The van der Waals surface area contributed by atoms with Crippen LogP contribution in [0.1, 0.15) is 6.92 Å². The van der Waals surface area contributed by atoms with Crippen LogP contribution < -0.4 is 0 Å². The summed E-state index contributed by atoms with van der Waals surface area (Å²) in [5, 5.41) is 0. The topological polar surface area (TPSA) is 21.6 Å². The van der Waals surface area contributed by atoms with Gasteiger partial charge in [-0.1, -0.05) is 0 Å². The quantitative estimate of drug-likeness (QED) is 0.555. The molecule has 2 radical (unpaired) electrons. The molecule has 0 saturated carbocycles. The van der Waals surface area contributed by atoms with Crippen molar-refractivity contribution in [2.75, 3.05) is 6.54 Å². The number of aliphatic imine (C=N–C) groups is 1. The maximum absolute atomic E-state index is 5.06. The summed E-state index contributed by atoms with van der Waals surface area (Å²) in [6, 6.07) is 0. The molecule has 1 aliphatic heterocycles. The Morgan fingerprint density at radius 3 is 2.62 bits per heavy atom. The van der Waals surface area contributed by atoms with E-state index in [4.69, 9.17) is 4.74 Å². The number of nitrogens with zero attached hydrogens (tertiary/aromatic N) is 1. The predicted octanol–water partition coefficient (Wildman–Crippen LogP) is -0.0729. The van der Waals surface area contributed by atoms with E-state index in [2.05, 4.69) is 21.0 Å². The van der Waals surface area contributed by atoms with Crippen LogP contribution >= 0.6 is 0 Å². The summed E-state index contributed by atoms with van der Waals surface area (Å²) in [6.45, 7) is 2.80. The molecule has 0 N–H and O–H groups in total. The van der Waals surface area contributed by atoms with Crippen molar-refractivity contribution in [3.8, 4) is 0 Å². The van der Waals surface area contributed by atoms with Crippen molar-refractivity contribution in [1.82, 2.24) is 0 Å². The van der Waals surface area contributed by atoms with Crippen LogP contribution in [0.2, 0.25) is 0 Å². The second-order valence-corrected chi connectivity index (χ2v) is 2.27. The Kier molecular flexibility index (Phi) is 4.04. The molecule has 50 valence electrons. The molecule has 0 fully saturated rings. The van der Waals surface area contributed by atoms with Crippen LogP contribution in [0.25, 0.3) is 0 Å². The Morgan fingerprint density at radius 1 is 1.88 bits per heavy atom. The molecule has 4 heteroatoms. The molecule has 2 nitrogen and oxygen atoms in total. The van der Waals surface area contributed by atoms with E-state index in [1.807, 2.05) is 6.92 Å². The molecule has 0 bridgehead atoms. The van der Waals surface area contributed by atoms with Crippen LogP contribution in [0.4, 0.5) is 0 Å². The van der Waals surface area contributed by atoms with Crippen molar-refractivity contribution < 1.29 is 27.1 Å². The van der Waals surface area contributed by atoms with Gasteiger partial charge in [0.05, 0.1) is 0 Å². The molecule has 1 rings (SSSR count). The van der Waals surface area contributed by atoms with E-state index >= 15 is 0 Å². The number of hydrogen-bond donors (Lipinski definition) is 0. The Balaban J connectivity index is 0.000000490. The first-order chi connectivity index (χ1) is 3.29. The third-order valence-corrected chi connectivity index (χ3v) is 1.25. The average molecular weight is 360 g/mol. The molecule has 1 heterocycles. The smallest absolute Gasteiger partial charge is 0 e. The average Bonchev–Trinajstić information content (AvgIpc) is 1.87. The fraction of sp³-hybridized carbons (Fsp3) is 0.750. The summed E-state index contributed by atoms with van der Waals surface area (Å²) < 4.78 is 5.06. The molecule has 0 aromatic carbocycles. The molecule has 1 aliphatic rings. The molecule has 8 heavy (non-hydrogen) atoms. The van der Waals surface area contributed by atoms with Gasteiger partial charge in [-0.25, -0.2) is 0 Å². The summed E-state index contributed by atoms with van der Waals surface area (Å²) in [6.07, 6.45) is 0.288. The van der Waals surface area contributed by atoms with Gasteiger partial charge in [0, 0.05) is 22.4 Å². The molecule has 0 saturated heterocycles. The summed E-state index contributed by atoms with van der Waals surface area (Å²) in [4.78, 5) is 4.66. The number of hydrogen-bond acceptors (Lipinski definition) is 2. The van der Waals surface area contributed by atoms with Crippen LogP contribution in [-0.4, -0.2) is 33.5 Å². The van der Waals surface area contributed by atoms with Gasteiger partial charge in [-0.2, -0.15) is 0 Å². The van der Waals surface area contributed by atoms with E-state index in [1.54, 1.807) is 0 Å². The summed E-state index contributed by atoms with van der Waals surface area (Å²) >= 11 is 2.70. The minimum absolute atomic E-state index is 0. The molecular weight excluding hydrogens is 354 g/mol. The van der Waals surface area contributed by atoms with Gasteiger partial charge in [-0.3, -0.25) is 0 Å². The van der Waals surface area contributed by atoms with Crippen LogP contribution in [-0.2, 0) is 27.1 Å². The van der Waals surface area contributed by atoms with E-state index < -0.39 is 0 Å². The second-order valence-electron chi connectivity index (χ2n) is 1.54. The SMILES string of the molecule is CC1CN=C([Se])O1.[Au]. The van der Waals surface area contributed by atoms with Gasteiger partial charge in [-0.15, -0.1) is 0 Å². The second kappa shape index (κ2) is 3.70. The fourth-order valence-corrected chi connectivity index (χ4v) is 0.951. The standard InChI is InChI=1S/C4H6NOSe.Au/c1-3-2-5-4(7)6-3;/h3H,2H2,1H3;. The molecule has 0 aliphatic carbocycles. The van der Waals surface area contributed by atoms with Crippen LogP contribution in [0.5, 0.6) is 0 Å². The zero-order chi connectivity index (χ0) is 5.28. The van der Waals surface area contributed by atoms with Crippen LogP contribution in [0.3, 0.4) is 0 Å². The first-order valence-corrected chi connectivity index (χ1v) is 3.03. The first-order valence-electron chi connectivity index (χ1n) is 2.17. The van der Waals surface area contributed by atoms with Gasteiger partial charge in [-0.05, 0) is 0 Å². The van der Waals surface area contributed by atoms with Gasteiger partial charge >= 0.3 is 50.1 Å². The van der Waals surface area contributed by atoms with E-state index in [9.17, 15) is 0 Å². The van der Waals surface area contributed by atoms with Crippen molar-refractivity contribution in [1.29, 1.82) is 0 Å². The summed E-state index contributed by atoms with van der Waals surface area (Å²) in [7, 11) is 0. The van der Waals surface area contributed by atoms with Gasteiger partial charge < -0.3 is 0 Å². The molecule has 0 amide bonds. The molecule has 0 spiro atoms. The molecule has 0 aromatic rings. The van der Waals surface area contributed by atoms with Crippen molar-refractivity contribution in [3.05, 3.63) is 0 Å². The van der Waals surface area contributed by atoms with Crippen LogP contribution in [0.15, 0.2) is 4.99 Å². The van der Waals surface area contributed by atoms with Gasteiger partial charge in [0.2, 0.25) is 0 Å². The molecular formula is C4H6AuNOSe. The third-order valence-electron chi connectivity index (χ3n) is 0.779. The number of ether oxygens (including phenoxy) is 1. The summed E-state index contributed by atoms with van der Waals surface area (Å²) in [5.41, 5.74) is 0. The fourth-order valence-electron chi connectivity index (χ4n) is 0.450. The zero-order valence-electron chi connectivity index (χ0n) is 4.35. The minimum atomic E-state index is 0. The zero-order valence-corrected chi connectivity index (χ0v) is 8.23. The Bertz CT molecular complexity index is 106. The Morgan fingerprint density at radius 2 is 2.50 bits per heavy atom. The Hall–Kier alpha value is 0.730. The Labute approximate surface area is 72.4 Å². The van der Waals surface area contributed by atoms with Gasteiger partial charge in [0.1, 0.15) is 0 Å². The molecule has 1 unspecified atom stereocenters. The molecule has 1 atom stereocenters. The maximum atomic E-state index is 5.06. The van der Waals surface area contributed by atoms with Crippen molar-refractivity contribution in [2.24, 2.45) is 4.99 Å². The van der Waals surface area contributed by atoms with E-state index in [-0.39, 0.29) is 28.5 Å². The van der Waals surface area contributed by atoms with Gasteiger partial charge in [0.15, 0.2) is 0 Å². The molecule has 0 aromatic heterocycles. The minimum Gasteiger partial charge on any atom is 0 e. The third kappa shape index (κ3) is 2.33. The van der Waals surface area contributed by atoms with E-state index in [0.717, 1.165) is 6.54 Å². The normalized spacial score (nSPS) is 25.6. The van der Waals surface area contributed by atoms with Crippen molar-refractivity contribution in [2.45, 2.75) is 13.0 Å². The maximum Gasteiger partial charge on any atom is 0 e. The van der Waals surface area contributed by atoms with E-state index in [1.165, 1.54) is 0 Å². The predicted molar refractivity (Wildman–Crippen MR) is 28.6 cm³/mol. The van der Waals surface area contributed by atoms with E-state index in [0.29, 0.717) is 4.80 Å². The van der Waals surface area contributed by atoms with Gasteiger partial charge in [0.25, 0.3) is 0 Å². The summed E-state index contributed by atoms with van der Waals surface area (Å²) in [5.74, 6) is 0. The van der Waals surface area contributed by atoms with Crippen molar-refractivity contribution in [3.63, 3.8) is 0 Å². The first kappa shape index (κ1) is 8.73.